The van der Waals surface area contributed by atoms with Crippen LogP contribution in [0.25, 0.3) is 11.6 Å². The number of fused-ring (bicyclic) bond motifs is 1. The molecule has 0 aliphatic heterocycles. The molecule has 0 fully saturated rings. The molecule has 0 aliphatic carbocycles. The van der Waals surface area contributed by atoms with Crippen LogP contribution in [0.15, 0.2) is 29.8 Å². The van der Waals surface area contributed by atoms with Gasteiger partial charge in [0.05, 0.1) is 5.52 Å². The van der Waals surface area contributed by atoms with Crippen molar-refractivity contribution in [1.82, 2.24) is 9.61 Å². The maximum atomic E-state index is 11.6. The molecule has 15 heavy (non-hydrogen) atoms. The highest BCUT2D eigenvalue weighted by atomic mass is 16.1. The van der Waals surface area contributed by atoms with Gasteiger partial charge in [0.1, 0.15) is 0 Å². The summed E-state index contributed by atoms with van der Waals surface area (Å²) in [4.78, 5) is 11.6. The lowest BCUT2D eigenvalue weighted by Gasteiger charge is -2.04. The van der Waals surface area contributed by atoms with E-state index in [0.717, 1.165) is 11.1 Å². The zero-order valence-corrected chi connectivity index (χ0v) is 8.95. The molecule has 0 atom stereocenters. The molecule has 0 spiro atoms. The number of nitrogens with one attached hydrogen (secondary N) is 1. The molecule has 78 valence electrons. The van der Waals surface area contributed by atoms with Gasteiger partial charge < -0.3 is 5.10 Å². The van der Waals surface area contributed by atoms with Crippen LogP contribution in [-0.4, -0.2) is 9.61 Å². The van der Waals surface area contributed by atoms with E-state index in [1.54, 1.807) is 18.3 Å². The molecule has 0 saturated carbocycles. The number of aromatic nitrogens is 2. The summed E-state index contributed by atoms with van der Waals surface area (Å²) in [6.45, 7) is 7.90. The van der Waals surface area contributed by atoms with Gasteiger partial charge in [-0.2, -0.15) is 0 Å². The van der Waals surface area contributed by atoms with Crippen molar-refractivity contribution >= 4 is 11.6 Å². The van der Waals surface area contributed by atoms with E-state index in [1.165, 1.54) is 0 Å². The van der Waals surface area contributed by atoms with Crippen molar-refractivity contribution in [2.45, 2.75) is 19.8 Å². The Kier molecular flexibility index (Phi) is 2.23. The fraction of sp³-hybridized carbons (Fsp3) is 0.250. The Balaban J connectivity index is 2.93. The van der Waals surface area contributed by atoms with Crippen molar-refractivity contribution in [3.8, 4) is 0 Å². The molecule has 2 aromatic rings. The quantitative estimate of drug-likeness (QED) is 0.797. The van der Waals surface area contributed by atoms with Crippen LogP contribution in [0.2, 0.25) is 0 Å². The molecule has 0 bridgehead atoms. The maximum Gasteiger partial charge on any atom is 0.189 e. The number of pyridine rings is 1. The van der Waals surface area contributed by atoms with Gasteiger partial charge in [-0.05, 0) is 11.5 Å². The molecular weight excluding hydrogens is 188 g/mol. The number of H-pyrrole nitrogens is 1. The summed E-state index contributed by atoms with van der Waals surface area (Å²) >= 11 is 0. The van der Waals surface area contributed by atoms with Crippen LogP contribution in [0.1, 0.15) is 30.9 Å². The van der Waals surface area contributed by atoms with Gasteiger partial charge in [0, 0.05) is 24.0 Å². The fourth-order valence-electron chi connectivity index (χ4n) is 1.80. The number of aromatic amines is 1. The first-order valence-electron chi connectivity index (χ1n) is 5.00. The number of nitrogens with zero attached hydrogens (tertiary/aromatic N) is 1. The zero-order chi connectivity index (χ0) is 11.0. The Morgan fingerprint density at radius 3 is 2.87 bits per heavy atom. The third-order valence-electron chi connectivity index (χ3n) is 2.60. The normalized spacial score (nSPS) is 11.1. The summed E-state index contributed by atoms with van der Waals surface area (Å²) in [6.07, 6.45) is 5.31. The fourth-order valence-corrected chi connectivity index (χ4v) is 1.80. The third kappa shape index (κ3) is 1.40. The topological polar surface area (TPSA) is 37.3 Å². The van der Waals surface area contributed by atoms with Gasteiger partial charge in [-0.1, -0.05) is 26.5 Å². The highest BCUT2D eigenvalue weighted by molar-refractivity contribution is 5.71. The first kappa shape index (κ1) is 9.77. The molecule has 0 saturated heterocycles. The minimum absolute atomic E-state index is 0.0199. The summed E-state index contributed by atoms with van der Waals surface area (Å²) in [7, 11) is 0. The van der Waals surface area contributed by atoms with E-state index in [9.17, 15) is 4.79 Å². The molecule has 0 amide bonds. The van der Waals surface area contributed by atoms with Crippen LogP contribution in [0.4, 0.5) is 0 Å². The number of hydrogen-bond donors (Lipinski definition) is 1. The Morgan fingerprint density at radius 2 is 2.27 bits per heavy atom. The van der Waals surface area contributed by atoms with Gasteiger partial charge in [-0.3, -0.25) is 9.31 Å². The van der Waals surface area contributed by atoms with Crippen LogP contribution < -0.4 is 5.43 Å². The van der Waals surface area contributed by atoms with Gasteiger partial charge in [0.25, 0.3) is 0 Å². The highest BCUT2D eigenvalue weighted by Gasteiger charge is 2.11. The van der Waals surface area contributed by atoms with Gasteiger partial charge in [0.15, 0.2) is 5.43 Å². The van der Waals surface area contributed by atoms with Gasteiger partial charge in [0.2, 0.25) is 0 Å². The van der Waals surface area contributed by atoms with E-state index in [-0.39, 0.29) is 5.43 Å². The van der Waals surface area contributed by atoms with Gasteiger partial charge >= 0.3 is 0 Å². The minimum Gasteiger partial charge on any atom is -0.301 e. The summed E-state index contributed by atoms with van der Waals surface area (Å²) in [5.41, 5.74) is 2.77. The number of rotatable bonds is 2. The zero-order valence-electron chi connectivity index (χ0n) is 8.95. The van der Waals surface area contributed by atoms with Crippen LogP contribution in [0, 0.1) is 0 Å². The molecule has 2 heterocycles. The van der Waals surface area contributed by atoms with Gasteiger partial charge in [-0.25, -0.2) is 0 Å². The van der Waals surface area contributed by atoms with E-state index in [2.05, 4.69) is 25.5 Å². The predicted molar refractivity (Wildman–Crippen MR) is 62.2 cm³/mol. The molecule has 1 N–H and O–H groups in total. The second-order valence-electron chi connectivity index (χ2n) is 3.90. The smallest absolute Gasteiger partial charge is 0.189 e. The van der Waals surface area contributed by atoms with Crippen LogP contribution >= 0.6 is 0 Å². The lowest BCUT2D eigenvalue weighted by molar-refractivity contribution is 0.875. The Morgan fingerprint density at radius 1 is 1.53 bits per heavy atom. The SMILES string of the molecule is C=Cc1c(=O)ccn2[nH]cc(C(C)C)c12. The molecule has 2 aromatic heterocycles. The molecule has 0 aromatic carbocycles. The Hall–Kier alpha value is -1.77. The molecule has 3 nitrogen and oxygen atoms in total. The van der Waals surface area contributed by atoms with Crippen LogP contribution in [-0.2, 0) is 0 Å². The first-order chi connectivity index (χ1) is 7.15. The largest absolute Gasteiger partial charge is 0.301 e. The van der Waals surface area contributed by atoms with E-state index < -0.39 is 0 Å². The summed E-state index contributed by atoms with van der Waals surface area (Å²) < 4.78 is 1.85. The average molecular weight is 202 g/mol. The first-order valence-corrected chi connectivity index (χ1v) is 5.00. The van der Waals surface area contributed by atoms with Crippen molar-refractivity contribution < 1.29 is 0 Å². The van der Waals surface area contributed by atoms with E-state index in [4.69, 9.17) is 0 Å². The molecule has 0 radical (unpaired) electrons. The van der Waals surface area contributed by atoms with Crippen molar-refractivity contribution in [3.05, 3.63) is 46.4 Å². The van der Waals surface area contributed by atoms with Crippen molar-refractivity contribution in [1.29, 1.82) is 0 Å². The molecular formula is C12H14N2O. The predicted octanol–water partition coefficient (Wildman–Crippen LogP) is 2.39. The second kappa shape index (κ2) is 3.42. The van der Waals surface area contributed by atoms with Crippen molar-refractivity contribution in [2.75, 3.05) is 0 Å². The van der Waals surface area contributed by atoms with Crippen LogP contribution in [0.3, 0.4) is 0 Å². The average Bonchev–Trinajstić information content (AvgIpc) is 2.61. The third-order valence-corrected chi connectivity index (χ3v) is 2.60. The number of hydrogen-bond acceptors (Lipinski definition) is 1. The monoisotopic (exact) mass is 202 g/mol. The Bertz CT molecular complexity index is 560. The minimum atomic E-state index is 0.0199. The van der Waals surface area contributed by atoms with E-state index in [0.29, 0.717) is 11.5 Å². The molecule has 2 rings (SSSR count). The summed E-state index contributed by atoms with van der Waals surface area (Å²) in [5.74, 6) is 0.381. The lowest BCUT2D eigenvalue weighted by Crippen LogP contribution is -2.07. The van der Waals surface area contributed by atoms with Crippen molar-refractivity contribution in [3.63, 3.8) is 0 Å². The lowest BCUT2D eigenvalue weighted by atomic mass is 10.0. The molecule has 3 heteroatoms. The van der Waals surface area contributed by atoms with Gasteiger partial charge in [-0.15, -0.1) is 0 Å². The van der Waals surface area contributed by atoms with E-state index >= 15 is 0 Å². The van der Waals surface area contributed by atoms with E-state index in [1.807, 2.05) is 10.7 Å². The van der Waals surface area contributed by atoms with Crippen LogP contribution in [0.5, 0.6) is 0 Å². The molecule has 0 unspecified atom stereocenters. The molecule has 0 aliphatic rings. The highest BCUT2D eigenvalue weighted by Crippen LogP contribution is 2.21. The summed E-state index contributed by atoms with van der Waals surface area (Å²) in [6, 6.07) is 1.55. The summed E-state index contributed by atoms with van der Waals surface area (Å²) in [5, 5.41) is 3.10. The second-order valence-corrected chi connectivity index (χ2v) is 3.90. The standard InChI is InChI=1S/C12H14N2O/c1-4-9-11(15)5-6-14-12(9)10(7-13-14)8(2)3/h4-8,13H,1H2,2-3H3. The maximum absolute atomic E-state index is 11.6. The van der Waals surface area contributed by atoms with Crippen molar-refractivity contribution in [2.24, 2.45) is 0 Å². The Labute approximate surface area is 88.0 Å².